The first-order valence-corrected chi connectivity index (χ1v) is 9.15. The summed E-state index contributed by atoms with van der Waals surface area (Å²) >= 11 is 6.30. The van der Waals surface area contributed by atoms with Crippen molar-refractivity contribution >= 4 is 17.3 Å². The van der Waals surface area contributed by atoms with E-state index < -0.39 is 0 Å². The van der Waals surface area contributed by atoms with Crippen molar-refractivity contribution in [2.24, 2.45) is 0 Å². The number of benzene rings is 2. The van der Waals surface area contributed by atoms with Crippen molar-refractivity contribution in [1.29, 1.82) is 0 Å². The molecule has 1 saturated heterocycles. The van der Waals surface area contributed by atoms with E-state index in [4.69, 9.17) is 21.1 Å². The van der Waals surface area contributed by atoms with Crippen molar-refractivity contribution in [2.45, 2.75) is 25.4 Å². The lowest BCUT2D eigenvalue weighted by Gasteiger charge is -2.34. The van der Waals surface area contributed by atoms with Gasteiger partial charge in [-0.3, -0.25) is 4.90 Å². The van der Waals surface area contributed by atoms with Crippen LogP contribution in [0.15, 0.2) is 36.4 Å². The third-order valence-electron chi connectivity index (χ3n) is 4.71. The number of ether oxygens (including phenoxy) is 2. The summed E-state index contributed by atoms with van der Waals surface area (Å²) in [7, 11) is 3.22. The summed E-state index contributed by atoms with van der Waals surface area (Å²) in [5, 5.41) is 14.0. The number of likely N-dealkylation sites (tertiary alicyclic amines) is 1. The van der Waals surface area contributed by atoms with Gasteiger partial charge in [0.25, 0.3) is 0 Å². The van der Waals surface area contributed by atoms with E-state index in [1.165, 1.54) is 0 Å². The first-order chi connectivity index (χ1) is 12.6. The average molecular weight is 377 g/mol. The average Bonchev–Trinajstić information content (AvgIpc) is 2.65. The van der Waals surface area contributed by atoms with Gasteiger partial charge in [-0.15, -0.1) is 0 Å². The fourth-order valence-corrected chi connectivity index (χ4v) is 3.57. The maximum absolute atomic E-state index is 9.82. The molecule has 1 aliphatic rings. The number of hydrogen-bond donors (Lipinski definition) is 2. The van der Waals surface area contributed by atoms with Gasteiger partial charge in [-0.1, -0.05) is 11.6 Å². The fraction of sp³-hybridized carbons (Fsp3) is 0.400. The molecule has 0 aromatic heterocycles. The van der Waals surface area contributed by atoms with Gasteiger partial charge in [-0.05, 0) is 55.3 Å². The number of hydrogen-bond acceptors (Lipinski definition) is 5. The number of phenolic OH excluding ortho intramolecular Hbond substituents is 1. The Kier molecular flexibility index (Phi) is 6.12. The molecular formula is C20H25ClN2O3. The van der Waals surface area contributed by atoms with Crippen LogP contribution >= 0.6 is 11.6 Å². The number of aromatic hydroxyl groups is 1. The summed E-state index contributed by atoms with van der Waals surface area (Å²) in [5.74, 6) is 1.38. The van der Waals surface area contributed by atoms with Gasteiger partial charge in [0.1, 0.15) is 5.75 Å². The highest BCUT2D eigenvalue weighted by atomic mass is 35.5. The Morgan fingerprint density at radius 1 is 1.19 bits per heavy atom. The number of nitrogens with zero attached hydrogens (tertiary/aromatic N) is 1. The van der Waals surface area contributed by atoms with Gasteiger partial charge in [0.05, 0.1) is 14.2 Å². The van der Waals surface area contributed by atoms with Crippen LogP contribution < -0.4 is 14.8 Å². The molecule has 2 aromatic carbocycles. The van der Waals surface area contributed by atoms with Gasteiger partial charge in [-0.25, -0.2) is 0 Å². The number of nitrogens with one attached hydrogen (secondary N) is 1. The predicted octanol–water partition coefficient (Wildman–Crippen LogP) is 4.14. The molecule has 0 radical (unpaired) electrons. The van der Waals surface area contributed by atoms with E-state index in [1.54, 1.807) is 20.3 Å². The van der Waals surface area contributed by atoms with Crippen LogP contribution in [0.1, 0.15) is 18.4 Å². The lowest BCUT2D eigenvalue weighted by Crippen LogP contribution is -2.41. The minimum absolute atomic E-state index is 0.0685. The molecule has 5 nitrogen and oxygen atoms in total. The van der Waals surface area contributed by atoms with Gasteiger partial charge in [0.15, 0.2) is 11.5 Å². The molecule has 2 aromatic rings. The van der Waals surface area contributed by atoms with Crippen molar-refractivity contribution in [3.8, 4) is 17.2 Å². The molecule has 2 N–H and O–H groups in total. The Labute approximate surface area is 159 Å². The summed E-state index contributed by atoms with van der Waals surface area (Å²) in [6.07, 6.45) is 2.26. The van der Waals surface area contributed by atoms with Crippen LogP contribution in [0, 0.1) is 0 Å². The van der Waals surface area contributed by atoms with E-state index in [9.17, 15) is 5.11 Å². The Bertz CT molecular complexity index is 737. The van der Waals surface area contributed by atoms with Crippen LogP contribution in [0.5, 0.6) is 17.2 Å². The molecule has 0 spiro atoms. The SMILES string of the molecule is COc1ccc(N[C@@H]2CCCN(Cc3cc(OC)c(O)cc3Cl)C2)cc1. The number of halogens is 1. The van der Waals surface area contributed by atoms with E-state index in [0.717, 1.165) is 49.5 Å². The fourth-order valence-electron chi connectivity index (χ4n) is 3.35. The minimum Gasteiger partial charge on any atom is -0.504 e. The minimum atomic E-state index is 0.0685. The zero-order chi connectivity index (χ0) is 18.5. The third-order valence-corrected chi connectivity index (χ3v) is 5.06. The molecule has 1 fully saturated rings. The second-order valence-corrected chi connectivity index (χ2v) is 6.97. The number of methoxy groups -OCH3 is 2. The molecule has 3 rings (SSSR count). The van der Waals surface area contributed by atoms with E-state index in [0.29, 0.717) is 16.8 Å². The van der Waals surface area contributed by atoms with Gasteiger partial charge in [0, 0.05) is 35.9 Å². The Morgan fingerprint density at radius 2 is 1.96 bits per heavy atom. The van der Waals surface area contributed by atoms with Crippen LogP contribution in [-0.2, 0) is 6.54 Å². The topological polar surface area (TPSA) is 54.0 Å². The van der Waals surface area contributed by atoms with Crippen LogP contribution in [0.2, 0.25) is 5.02 Å². The molecule has 0 amide bonds. The molecule has 6 heteroatoms. The first kappa shape index (κ1) is 18.7. The summed E-state index contributed by atoms with van der Waals surface area (Å²) in [5.41, 5.74) is 2.06. The van der Waals surface area contributed by atoms with Gasteiger partial charge in [-0.2, -0.15) is 0 Å². The van der Waals surface area contributed by atoms with E-state index in [2.05, 4.69) is 10.2 Å². The quantitative estimate of drug-likeness (QED) is 0.793. The van der Waals surface area contributed by atoms with Crippen LogP contribution in [0.25, 0.3) is 0 Å². The molecule has 0 unspecified atom stereocenters. The molecular weight excluding hydrogens is 352 g/mol. The number of piperidine rings is 1. The summed E-state index contributed by atoms with van der Waals surface area (Å²) < 4.78 is 10.4. The normalized spacial score (nSPS) is 17.7. The number of phenols is 1. The van der Waals surface area contributed by atoms with Crippen molar-refractivity contribution in [3.05, 3.63) is 47.0 Å². The Balaban J connectivity index is 1.63. The second-order valence-electron chi connectivity index (χ2n) is 6.56. The molecule has 1 heterocycles. The molecule has 0 saturated carbocycles. The van der Waals surface area contributed by atoms with Crippen molar-refractivity contribution in [3.63, 3.8) is 0 Å². The highest BCUT2D eigenvalue weighted by Crippen LogP contribution is 2.33. The van der Waals surface area contributed by atoms with Gasteiger partial charge in [0.2, 0.25) is 0 Å². The van der Waals surface area contributed by atoms with Gasteiger partial charge < -0.3 is 19.9 Å². The van der Waals surface area contributed by atoms with E-state index in [-0.39, 0.29) is 5.75 Å². The molecule has 0 aliphatic carbocycles. The molecule has 1 atom stereocenters. The largest absolute Gasteiger partial charge is 0.504 e. The highest BCUT2D eigenvalue weighted by Gasteiger charge is 2.21. The predicted molar refractivity (Wildman–Crippen MR) is 105 cm³/mol. The highest BCUT2D eigenvalue weighted by molar-refractivity contribution is 6.31. The van der Waals surface area contributed by atoms with Crippen molar-refractivity contribution in [2.75, 3.05) is 32.6 Å². The van der Waals surface area contributed by atoms with Crippen molar-refractivity contribution in [1.82, 2.24) is 4.90 Å². The Morgan fingerprint density at radius 3 is 2.65 bits per heavy atom. The monoisotopic (exact) mass is 376 g/mol. The van der Waals surface area contributed by atoms with Crippen molar-refractivity contribution < 1.29 is 14.6 Å². The maximum atomic E-state index is 9.82. The molecule has 140 valence electrons. The Hall–Kier alpha value is -2.11. The summed E-state index contributed by atoms with van der Waals surface area (Å²) in [6, 6.07) is 11.8. The smallest absolute Gasteiger partial charge is 0.160 e. The lowest BCUT2D eigenvalue weighted by atomic mass is 10.0. The first-order valence-electron chi connectivity index (χ1n) is 8.77. The maximum Gasteiger partial charge on any atom is 0.160 e. The number of rotatable bonds is 6. The summed E-state index contributed by atoms with van der Waals surface area (Å²) in [4.78, 5) is 2.38. The van der Waals surface area contributed by atoms with Gasteiger partial charge >= 0.3 is 0 Å². The van der Waals surface area contributed by atoms with Crippen LogP contribution in [0.3, 0.4) is 0 Å². The molecule has 0 bridgehead atoms. The van der Waals surface area contributed by atoms with Crippen LogP contribution in [0.4, 0.5) is 5.69 Å². The van der Waals surface area contributed by atoms with Crippen LogP contribution in [-0.4, -0.2) is 43.4 Å². The molecule has 1 aliphatic heterocycles. The summed E-state index contributed by atoms with van der Waals surface area (Å²) in [6.45, 7) is 2.70. The van der Waals surface area contributed by atoms with E-state index >= 15 is 0 Å². The lowest BCUT2D eigenvalue weighted by molar-refractivity contribution is 0.208. The number of anilines is 1. The molecule has 26 heavy (non-hydrogen) atoms. The van der Waals surface area contributed by atoms with E-state index in [1.807, 2.05) is 30.3 Å². The standard InChI is InChI=1S/C20H25ClN2O3/c1-25-17-7-5-15(6-8-17)22-16-4-3-9-23(13-16)12-14-10-20(26-2)19(24)11-18(14)21/h5-8,10-11,16,22,24H,3-4,9,12-13H2,1-2H3/t16-/m1/s1. The zero-order valence-electron chi connectivity index (χ0n) is 15.2. The third kappa shape index (κ3) is 4.54. The zero-order valence-corrected chi connectivity index (χ0v) is 15.9. The second kappa shape index (κ2) is 8.52.